The summed E-state index contributed by atoms with van der Waals surface area (Å²) in [6.45, 7) is 1.08. The highest BCUT2D eigenvalue weighted by atomic mass is 16.5. The van der Waals surface area contributed by atoms with Crippen LogP contribution < -0.4 is 5.32 Å². The van der Waals surface area contributed by atoms with E-state index in [4.69, 9.17) is 10.00 Å². The summed E-state index contributed by atoms with van der Waals surface area (Å²) in [5.41, 5.74) is 1.79. The lowest BCUT2D eigenvalue weighted by Gasteiger charge is -2.29. The van der Waals surface area contributed by atoms with E-state index in [0.717, 1.165) is 11.3 Å². The molecule has 1 amide bonds. The van der Waals surface area contributed by atoms with Crippen LogP contribution in [0, 0.1) is 11.5 Å². The predicted octanol–water partition coefficient (Wildman–Crippen LogP) is 1.20. The van der Waals surface area contributed by atoms with Crippen LogP contribution in [0.25, 0.3) is 11.3 Å². The summed E-state index contributed by atoms with van der Waals surface area (Å²) in [5, 5.41) is 18.7. The number of anilines is 1. The SMILES string of the molecule is N#CN1CCOCC1C(=O)Nc1cc(-c2ccccc2)[nH]n1. The normalized spacial score (nSPS) is 17.8. The van der Waals surface area contributed by atoms with Gasteiger partial charge < -0.3 is 10.1 Å². The number of hydrogen-bond donors (Lipinski definition) is 2. The van der Waals surface area contributed by atoms with Crippen molar-refractivity contribution in [1.29, 1.82) is 5.26 Å². The molecule has 1 aromatic heterocycles. The number of ether oxygens (including phenoxy) is 1. The van der Waals surface area contributed by atoms with Gasteiger partial charge in [0.05, 0.1) is 25.5 Å². The highest BCUT2D eigenvalue weighted by Crippen LogP contribution is 2.19. The fourth-order valence-electron chi connectivity index (χ4n) is 2.30. The number of hydrogen-bond acceptors (Lipinski definition) is 5. The van der Waals surface area contributed by atoms with E-state index in [9.17, 15) is 4.79 Å². The number of nitrogens with zero attached hydrogens (tertiary/aromatic N) is 3. The van der Waals surface area contributed by atoms with E-state index in [0.29, 0.717) is 19.0 Å². The zero-order chi connectivity index (χ0) is 15.4. The van der Waals surface area contributed by atoms with Crippen molar-refractivity contribution in [3.05, 3.63) is 36.4 Å². The van der Waals surface area contributed by atoms with Crippen LogP contribution in [0.3, 0.4) is 0 Å². The van der Waals surface area contributed by atoms with Gasteiger partial charge >= 0.3 is 0 Å². The minimum absolute atomic E-state index is 0.204. The van der Waals surface area contributed by atoms with Crippen molar-refractivity contribution >= 4 is 11.7 Å². The Bertz CT molecular complexity index is 691. The molecular formula is C15H15N5O2. The molecule has 0 aliphatic carbocycles. The predicted molar refractivity (Wildman–Crippen MR) is 79.6 cm³/mol. The average Bonchev–Trinajstić information content (AvgIpc) is 3.04. The van der Waals surface area contributed by atoms with Crippen LogP contribution in [0.15, 0.2) is 36.4 Å². The van der Waals surface area contributed by atoms with Crippen molar-refractivity contribution in [2.45, 2.75) is 6.04 Å². The number of carbonyl (C=O) groups is 1. The number of morpholine rings is 1. The lowest BCUT2D eigenvalue weighted by atomic mass is 10.1. The van der Waals surface area contributed by atoms with Gasteiger partial charge in [-0.3, -0.25) is 14.8 Å². The Balaban J connectivity index is 1.70. The Hall–Kier alpha value is -2.85. The molecule has 0 radical (unpaired) electrons. The summed E-state index contributed by atoms with van der Waals surface area (Å²) in [5.74, 6) is 0.125. The van der Waals surface area contributed by atoms with E-state index in [-0.39, 0.29) is 12.5 Å². The van der Waals surface area contributed by atoms with Gasteiger partial charge in [0.1, 0.15) is 6.04 Å². The number of nitriles is 1. The van der Waals surface area contributed by atoms with Gasteiger partial charge in [-0.15, -0.1) is 0 Å². The maximum absolute atomic E-state index is 12.2. The first-order chi connectivity index (χ1) is 10.8. The van der Waals surface area contributed by atoms with Crippen LogP contribution >= 0.6 is 0 Å². The Morgan fingerprint density at radius 1 is 1.45 bits per heavy atom. The molecule has 1 aromatic carbocycles. The van der Waals surface area contributed by atoms with E-state index < -0.39 is 6.04 Å². The molecule has 0 bridgehead atoms. The van der Waals surface area contributed by atoms with E-state index >= 15 is 0 Å². The summed E-state index contributed by atoms with van der Waals surface area (Å²) in [6, 6.07) is 10.8. The Morgan fingerprint density at radius 2 is 2.27 bits per heavy atom. The van der Waals surface area contributed by atoms with Gasteiger partial charge in [-0.05, 0) is 5.56 Å². The van der Waals surface area contributed by atoms with Crippen molar-refractivity contribution in [2.24, 2.45) is 0 Å². The molecule has 112 valence electrons. The number of amides is 1. The first kappa shape index (κ1) is 14.1. The molecule has 1 atom stereocenters. The molecular weight excluding hydrogens is 282 g/mol. The molecule has 1 fully saturated rings. The number of benzene rings is 1. The summed E-state index contributed by atoms with van der Waals surface area (Å²) >= 11 is 0. The van der Waals surface area contributed by atoms with Crippen molar-refractivity contribution in [1.82, 2.24) is 15.1 Å². The first-order valence-corrected chi connectivity index (χ1v) is 6.94. The third-order valence-electron chi connectivity index (χ3n) is 3.47. The highest BCUT2D eigenvalue weighted by molar-refractivity contribution is 5.94. The van der Waals surface area contributed by atoms with Crippen LogP contribution in [-0.4, -0.2) is 46.8 Å². The quantitative estimate of drug-likeness (QED) is 0.830. The molecule has 2 aromatic rings. The number of carbonyl (C=O) groups excluding carboxylic acids is 1. The van der Waals surface area contributed by atoms with Crippen molar-refractivity contribution in [3.63, 3.8) is 0 Å². The van der Waals surface area contributed by atoms with Crippen LogP contribution in [0.5, 0.6) is 0 Å². The Kier molecular flexibility index (Phi) is 4.03. The molecule has 2 N–H and O–H groups in total. The third-order valence-corrected chi connectivity index (χ3v) is 3.47. The number of aromatic amines is 1. The van der Waals surface area contributed by atoms with Gasteiger partial charge in [0, 0.05) is 6.07 Å². The largest absolute Gasteiger partial charge is 0.377 e. The summed E-state index contributed by atoms with van der Waals surface area (Å²) in [6.07, 6.45) is 2.02. The van der Waals surface area contributed by atoms with Gasteiger partial charge in [-0.1, -0.05) is 30.3 Å². The third kappa shape index (κ3) is 2.92. The molecule has 0 spiro atoms. The molecule has 7 nitrogen and oxygen atoms in total. The fraction of sp³-hybridized carbons (Fsp3) is 0.267. The molecule has 3 rings (SSSR count). The van der Waals surface area contributed by atoms with Gasteiger partial charge in [0.15, 0.2) is 12.0 Å². The van der Waals surface area contributed by atoms with Gasteiger partial charge in [-0.25, -0.2) is 0 Å². The molecule has 1 saturated heterocycles. The zero-order valence-electron chi connectivity index (χ0n) is 11.8. The first-order valence-electron chi connectivity index (χ1n) is 6.94. The summed E-state index contributed by atoms with van der Waals surface area (Å²) < 4.78 is 5.27. The monoisotopic (exact) mass is 297 g/mol. The summed E-state index contributed by atoms with van der Waals surface area (Å²) in [7, 11) is 0. The van der Waals surface area contributed by atoms with Crippen LogP contribution in [0.2, 0.25) is 0 Å². The van der Waals surface area contributed by atoms with E-state index in [1.54, 1.807) is 6.07 Å². The van der Waals surface area contributed by atoms with E-state index in [1.807, 2.05) is 36.5 Å². The lowest BCUT2D eigenvalue weighted by Crippen LogP contribution is -2.49. The van der Waals surface area contributed by atoms with Gasteiger partial charge in [0.2, 0.25) is 0 Å². The molecule has 7 heteroatoms. The van der Waals surface area contributed by atoms with Gasteiger partial charge in [0.25, 0.3) is 5.91 Å². The zero-order valence-corrected chi connectivity index (χ0v) is 11.8. The second kappa shape index (κ2) is 6.28. The fourth-order valence-corrected chi connectivity index (χ4v) is 2.30. The molecule has 2 heterocycles. The van der Waals surface area contributed by atoms with Crippen LogP contribution in [0.1, 0.15) is 0 Å². The number of rotatable bonds is 3. The van der Waals surface area contributed by atoms with Crippen molar-refractivity contribution < 1.29 is 9.53 Å². The second-order valence-electron chi connectivity index (χ2n) is 4.91. The Morgan fingerprint density at radius 3 is 3.05 bits per heavy atom. The van der Waals surface area contributed by atoms with Crippen molar-refractivity contribution in [3.8, 4) is 17.5 Å². The maximum Gasteiger partial charge on any atom is 0.251 e. The van der Waals surface area contributed by atoms with Crippen LogP contribution in [-0.2, 0) is 9.53 Å². The minimum atomic E-state index is -0.615. The summed E-state index contributed by atoms with van der Waals surface area (Å²) in [4.78, 5) is 13.7. The standard InChI is InChI=1S/C15H15N5O2/c16-10-20-6-7-22-9-13(20)15(21)17-14-8-12(18-19-14)11-4-2-1-3-5-11/h1-5,8,13H,6-7,9H2,(H2,17,18,19,21). The maximum atomic E-state index is 12.2. The van der Waals surface area contributed by atoms with E-state index in [1.165, 1.54) is 4.90 Å². The van der Waals surface area contributed by atoms with Gasteiger partial charge in [-0.2, -0.15) is 10.4 Å². The molecule has 0 saturated carbocycles. The second-order valence-corrected chi connectivity index (χ2v) is 4.91. The lowest BCUT2D eigenvalue weighted by molar-refractivity contribution is -0.124. The van der Waals surface area contributed by atoms with Crippen LogP contribution in [0.4, 0.5) is 5.82 Å². The molecule has 22 heavy (non-hydrogen) atoms. The minimum Gasteiger partial charge on any atom is -0.377 e. The topological polar surface area (TPSA) is 94.0 Å². The Labute approximate surface area is 127 Å². The van der Waals surface area contributed by atoms with E-state index in [2.05, 4.69) is 15.5 Å². The number of H-pyrrole nitrogens is 1. The number of nitrogens with one attached hydrogen (secondary N) is 2. The molecule has 1 aliphatic rings. The smallest absolute Gasteiger partial charge is 0.251 e. The highest BCUT2D eigenvalue weighted by Gasteiger charge is 2.29. The average molecular weight is 297 g/mol. The number of aromatic nitrogens is 2. The molecule has 1 aliphatic heterocycles. The van der Waals surface area contributed by atoms with Crippen molar-refractivity contribution in [2.75, 3.05) is 25.1 Å². The molecule has 1 unspecified atom stereocenters.